The molecule has 2 saturated heterocycles. The van der Waals surface area contributed by atoms with E-state index in [1.807, 2.05) is 30.0 Å². The van der Waals surface area contributed by atoms with Gasteiger partial charge in [-0.15, -0.1) is 0 Å². The zero-order chi connectivity index (χ0) is 17.7. The number of nitrogens with zero attached hydrogens (tertiary/aromatic N) is 3. The lowest BCUT2D eigenvalue weighted by molar-refractivity contribution is -0.138. The second-order valence-electron chi connectivity index (χ2n) is 7.71. The normalized spacial score (nSPS) is 28.0. The van der Waals surface area contributed by atoms with Crippen molar-refractivity contribution in [2.24, 2.45) is 5.41 Å². The van der Waals surface area contributed by atoms with Gasteiger partial charge >= 0.3 is 0 Å². The summed E-state index contributed by atoms with van der Waals surface area (Å²) in [7, 11) is -3.21. The van der Waals surface area contributed by atoms with E-state index < -0.39 is 15.4 Å². The molecule has 7 heteroatoms. The van der Waals surface area contributed by atoms with Crippen molar-refractivity contribution in [1.29, 1.82) is 0 Å². The molecule has 1 amide bonds. The summed E-state index contributed by atoms with van der Waals surface area (Å²) < 4.78 is 26.8. The number of amides is 1. The van der Waals surface area contributed by atoms with E-state index in [1.165, 1.54) is 0 Å². The first-order valence-electron chi connectivity index (χ1n) is 9.12. The summed E-state index contributed by atoms with van der Waals surface area (Å²) in [5, 5.41) is -0.202. The van der Waals surface area contributed by atoms with Gasteiger partial charge in [-0.3, -0.25) is 9.78 Å². The van der Waals surface area contributed by atoms with Crippen LogP contribution in [-0.4, -0.2) is 53.4 Å². The van der Waals surface area contributed by atoms with Gasteiger partial charge in [-0.25, -0.2) is 12.7 Å². The first-order valence-corrected chi connectivity index (χ1v) is 10.6. The van der Waals surface area contributed by atoms with Crippen molar-refractivity contribution in [1.82, 2.24) is 14.2 Å². The van der Waals surface area contributed by atoms with Gasteiger partial charge in [0.25, 0.3) is 0 Å². The molecule has 3 heterocycles. The van der Waals surface area contributed by atoms with Gasteiger partial charge in [0.2, 0.25) is 15.9 Å². The van der Waals surface area contributed by atoms with E-state index in [-0.39, 0.29) is 11.2 Å². The van der Waals surface area contributed by atoms with Gasteiger partial charge < -0.3 is 4.90 Å². The number of hydrogen-bond donors (Lipinski definition) is 0. The van der Waals surface area contributed by atoms with Crippen molar-refractivity contribution in [2.75, 3.05) is 19.6 Å². The summed E-state index contributed by atoms with van der Waals surface area (Å²) in [4.78, 5) is 19.5. The predicted octanol–water partition coefficient (Wildman–Crippen LogP) is 1.70. The number of aromatic nitrogens is 1. The van der Waals surface area contributed by atoms with Crippen LogP contribution >= 0.6 is 0 Å². The van der Waals surface area contributed by atoms with Crippen LogP contribution in [0.1, 0.15) is 43.5 Å². The molecule has 1 aromatic rings. The lowest BCUT2D eigenvalue weighted by Gasteiger charge is -2.38. The molecular weight excluding hydrogens is 338 g/mol. The molecule has 136 valence electrons. The van der Waals surface area contributed by atoms with Crippen LogP contribution in [0, 0.1) is 12.3 Å². The Hall–Kier alpha value is -1.47. The molecule has 0 radical (unpaired) electrons. The van der Waals surface area contributed by atoms with Crippen LogP contribution in [0.15, 0.2) is 18.2 Å². The number of aryl methyl sites for hydroxylation is 1. The second-order valence-corrected chi connectivity index (χ2v) is 9.92. The maximum absolute atomic E-state index is 13.1. The summed E-state index contributed by atoms with van der Waals surface area (Å²) in [6.45, 7) is 4.07. The van der Waals surface area contributed by atoms with Crippen LogP contribution in [-0.2, 0) is 21.4 Å². The van der Waals surface area contributed by atoms with Gasteiger partial charge in [0.15, 0.2) is 0 Å². The molecule has 25 heavy (non-hydrogen) atoms. The first-order chi connectivity index (χ1) is 11.9. The Morgan fingerprint density at radius 1 is 1.24 bits per heavy atom. The van der Waals surface area contributed by atoms with Gasteiger partial charge in [0, 0.05) is 25.3 Å². The van der Waals surface area contributed by atoms with Crippen LogP contribution in [0.25, 0.3) is 0 Å². The summed E-state index contributed by atoms with van der Waals surface area (Å²) in [5.41, 5.74) is 1.31. The van der Waals surface area contributed by atoms with Crippen LogP contribution in [0.5, 0.6) is 0 Å². The number of likely N-dealkylation sites (tertiary alicyclic amines) is 1. The largest absolute Gasteiger partial charge is 0.336 e. The number of sulfonamides is 1. The maximum Gasteiger partial charge on any atom is 0.230 e. The molecule has 0 bridgehead atoms. The Labute approximate surface area is 149 Å². The van der Waals surface area contributed by atoms with Crippen molar-refractivity contribution in [3.05, 3.63) is 29.6 Å². The van der Waals surface area contributed by atoms with E-state index in [0.717, 1.165) is 43.5 Å². The third kappa shape index (κ3) is 3.08. The van der Waals surface area contributed by atoms with Crippen molar-refractivity contribution < 1.29 is 13.2 Å². The quantitative estimate of drug-likeness (QED) is 0.816. The van der Waals surface area contributed by atoms with Crippen LogP contribution < -0.4 is 0 Å². The zero-order valence-corrected chi connectivity index (χ0v) is 15.5. The highest BCUT2D eigenvalue weighted by atomic mass is 32.2. The smallest absolute Gasteiger partial charge is 0.230 e. The van der Waals surface area contributed by atoms with Gasteiger partial charge in [0.1, 0.15) is 0 Å². The van der Waals surface area contributed by atoms with E-state index in [4.69, 9.17) is 0 Å². The molecule has 4 rings (SSSR count). The molecule has 6 nitrogen and oxygen atoms in total. The van der Waals surface area contributed by atoms with E-state index in [2.05, 4.69) is 4.98 Å². The Morgan fingerprint density at radius 3 is 2.76 bits per heavy atom. The van der Waals surface area contributed by atoms with Crippen molar-refractivity contribution in [3.63, 3.8) is 0 Å². The molecule has 3 fully saturated rings. The molecule has 1 aliphatic carbocycles. The minimum Gasteiger partial charge on any atom is -0.336 e. The monoisotopic (exact) mass is 363 g/mol. The number of pyridine rings is 1. The topological polar surface area (TPSA) is 70.6 Å². The molecule has 2 aliphatic heterocycles. The Bertz CT molecular complexity index is 791. The number of carbonyl (C=O) groups excluding carboxylic acids is 1. The van der Waals surface area contributed by atoms with Crippen LogP contribution in [0.4, 0.5) is 0 Å². The molecule has 0 unspecified atom stereocenters. The van der Waals surface area contributed by atoms with E-state index >= 15 is 0 Å². The van der Waals surface area contributed by atoms with Gasteiger partial charge in [-0.2, -0.15) is 0 Å². The van der Waals surface area contributed by atoms with E-state index in [9.17, 15) is 13.2 Å². The average molecular weight is 363 g/mol. The highest BCUT2D eigenvalue weighted by molar-refractivity contribution is 7.90. The van der Waals surface area contributed by atoms with Crippen molar-refractivity contribution in [3.8, 4) is 0 Å². The Kier molecular flexibility index (Phi) is 4.11. The molecule has 1 spiro atoms. The number of hydrogen-bond acceptors (Lipinski definition) is 4. The fourth-order valence-corrected chi connectivity index (χ4v) is 6.15. The fraction of sp³-hybridized carbons (Fsp3) is 0.667. The molecule has 0 aromatic carbocycles. The third-order valence-corrected chi connectivity index (χ3v) is 8.09. The lowest BCUT2D eigenvalue weighted by atomic mass is 9.79. The minimum absolute atomic E-state index is 0.103. The number of piperidine rings is 1. The number of rotatable bonds is 4. The molecular formula is C18H25N3O3S. The molecule has 1 aromatic heterocycles. The summed E-state index contributed by atoms with van der Waals surface area (Å²) in [6, 6.07) is 5.84. The highest BCUT2D eigenvalue weighted by Crippen LogP contribution is 2.43. The summed E-state index contributed by atoms with van der Waals surface area (Å²) in [5.74, 6) is 0.103. The van der Waals surface area contributed by atoms with E-state index in [1.54, 1.807) is 4.31 Å². The first kappa shape index (κ1) is 17.0. The predicted molar refractivity (Wildman–Crippen MR) is 94.2 cm³/mol. The van der Waals surface area contributed by atoms with Gasteiger partial charge in [-0.05, 0) is 51.2 Å². The van der Waals surface area contributed by atoms with E-state index in [0.29, 0.717) is 26.2 Å². The molecule has 1 atom stereocenters. The van der Waals surface area contributed by atoms with Crippen molar-refractivity contribution in [2.45, 2.75) is 50.8 Å². The number of carbonyl (C=O) groups is 1. The fourth-order valence-electron chi connectivity index (χ4n) is 4.19. The van der Waals surface area contributed by atoms with Crippen molar-refractivity contribution >= 4 is 15.9 Å². The molecule has 1 saturated carbocycles. The minimum atomic E-state index is -3.21. The summed E-state index contributed by atoms with van der Waals surface area (Å²) in [6.07, 6.45) is 3.85. The standard InChI is InChI=1S/C18H25N3O3S/c1-14-4-2-5-15(19-14)12-20-11-9-18(17(20)22)8-3-10-21(13-18)25(23,24)16-6-7-16/h2,4-5,16H,3,6-13H2,1H3/t18-/m1/s1. The maximum atomic E-state index is 13.1. The lowest BCUT2D eigenvalue weighted by Crippen LogP contribution is -2.50. The Balaban J connectivity index is 1.50. The highest BCUT2D eigenvalue weighted by Gasteiger charge is 2.52. The third-order valence-electron chi connectivity index (χ3n) is 5.75. The van der Waals surface area contributed by atoms with Gasteiger partial charge in [0.05, 0.1) is 22.9 Å². The second kappa shape index (κ2) is 6.06. The molecule has 3 aliphatic rings. The van der Waals surface area contributed by atoms with Crippen LogP contribution in [0.3, 0.4) is 0 Å². The Morgan fingerprint density at radius 2 is 2.04 bits per heavy atom. The van der Waals surface area contributed by atoms with Crippen LogP contribution in [0.2, 0.25) is 0 Å². The SMILES string of the molecule is Cc1cccc(CN2CC[C@@]3(CCCN(S(=O)(=O)C4CC4)C3)C2=O)n1. The van der Waals surface area contributed by atoms with Gasteiger partial charge in [-0.1, -0.05) is 6.07 Å². The average Bonchev–Trinajstić information content (AvgIpc) is 3.40. The summed E-state index contributed by atoms with van der Waals surface area (Å²) >= 11 is 0. The zero-order valence-electron chi connectivity index (χ0n) is 14.6. The molecule has 0 N–H and O–H groups in total.